The second-order valence-corrected chi connectivity index (χ2v) is 5.15. The molecule has 0 aliphatic carbocycles. The Bertz CT molecular complexity index is 447. The van der Waals surface area contributed by atoms with Crippen LogP contribution >= 0.6 is 11.3 Å². The van der Waals surface area contributed by atoms with Crippen LogP contribution in [0.2, 0.25) is 0 Å². The standard InChI is InChI=1S/C12H18N4S/c1-9(2)16-12(14-8-15-16)6-13-10(3)11-4-5-17-7-11/h4-5,7-10,13H,6H2,1-3H3. The zero-order valence-electron chi connectivity index (χ0n) is 10.4. The van der Waals surface area contributed by atoms with Gasteiger partial charge in [-0.25, -0.2) is 9.67 Å². The average molecular weight is 250 g/mol. The molecule has 0 fully saturated rings. The van der Waals surface area contributed by atoms with Crippen LogP contribution in [0.3, 0.4) is 0 Å². The van der Waals surface area contributed by atoms with Crippen molar-refractivity contribution in [3.63, 3.8) is 0 Å². The minimum atomic E-state index is 0.346. The van der Waals surface area contributed by atoms with Crippen molar-refractivity contribution in [3.05, 3.63) is 34.5 Å². The number of hydrogen-bond acceptors (Lipinski definition) is 4. The lowest BCUT2D eigenvalue weighted by molar-refractivity contribution is 0.474. The van der Waals surface area contributed by atoms with Crippen molar-refractivity contribution < 1.29 is 0 Å². The smallest absolute Gasteiger partial charge is 0.141 e. The maximum absolute atomic E-state index is 4.28. The Morgan fingerprint density at radius 1 is 1.41 bits per heavy atom. The van der Waals surface area contributed by atoms with Gasteiger partial charge in [-0.15, -0.1) is 0 Å². The van der Waals surface area contributed by atoms with E-state index in [9.17, 15) is 0 Å². The van der Waals surface area contributed by atoms with E-state index in [0.29, 0.717) is 12.1 Å². The molecule has 0 bridgehead atoms. The summed E-state index contributed by atoms with van der Waals surface area (Å²) in [4.78, 5) is 4.28. The maximum atomic E-state index is 4.28. The Morgan fingerprint density at radius 3 is 2.88 bits per heavy atom. The fourth-order valence-corrected chi connectivity index (χ4v) is 2.47. The van der Waals surface area contributed by atoms with Gasteiger partial charge >= 0.3 is 0 Å². The van der Waals surface area contributed by atoms with Gasteiger partial charge < -0.3 is 5.32 Å². The highest BCUT2D eigenvalue weighted by molar-refractivity contribution is 7.07. The third-order valence-electron chi connectivity index (χ3n) is 2.75. The van der Waals surface area contributed by atoms with Crippen molar-refractivity contribution in [2.75, 3.05) is 0 Å². The molecular weight excluding hydrogens is 232 g/mol. The highest BCUT2D eigenvalue weighted by Crippen LogP contribution is 2.16. The summed E-state index contributed by atoms with van der Waals surface area (Å²) < 4.78 is 1.95. The van der Waals surface area contributed by atoms with Gasteiger partial charge in [-0.2, -0.15) is 16.4 Å². The third-order valence-corrected chi connectivity index (χ3v) is 3.45. The van der Waals surface area contributed by atoms with Gasteiger partial charge in [0, 0.05) is 12.1 Å². The minimum absolute atomic E-state index is 0.346. The van der Waals surface area contributed by atoms with Gasteiger partial charge in [0.2, 0.25) is 0 Å². The predicted molar refractivity (Wildman–Crippen MR) is 70.0 cm³/mol. The van der Waals surface area contributed by atoms with Crippen molar-refractivity contribution in [1.82, 2.24) is 20.1 Å². The summed E-state index contributed by atoms with van der Waals surface area (Å²) in [6.45, 7) is 7.13. The van der Waals surface area contributed by atoms with Crippen LogP contribution in [0.25, 0.3) is 0 Å². The van der Waals surface area contributed by atoms with Gasteiger partial charge in [0.1, 0.15) is 12.2 Å². The van der Waals surface area contributed by atoms with Crippen molar-refractivity contribution >= 4 is 11.3 Å². The van der Waals surface area contributed by atoms with Crippen molar-refractivity contribution in [3.8, 4) is 0 Å². The molecular formula is C12H18N4S. The Hall–Kier alpha value is -1.20. The molecule has 0 aliphatic rings. The molecule has 2 rings (SSSR count). The molecule has 2 heterocycles. The van der Waals surface area contributed by atoms with Crippen LogP contribution in [0.4, 0.5) is 0 Å². The minimum Gasteiger partial charge on any atom is -0.303 e. The van der Waals surface area contributed by atoms with E-state index in [0.717, 1.165) is 12.4 Å². The summed E-state index contributed by atoms with van der Waals surface area (Å²) in [5, 5.41) is 12.0. The first kappa shape index (κ1) is 12.3. The van der Waals surface area contributed by atoms with Gasteiger partial charge in [0.15, 0.2) is 0 Å². The van der Waals surface area contributed by atoms with Crippen LogP contribution in [-0.4, -0.2) is 14.8 Å². The van der Waals surface area contributed by atoms with E-state index >= 15 is 0 Å². The molecule has 0 aromatic carbocycles. The van der Waals surface area contributed by atoms with E-state index in [-0.39, 0.29) is 0 Å². The van der Waals surface area contributed by atoms with E-state index in [1.54, 1.807) is 17.7 Å². The molecule has 1 N–H and O–H groups in total. The summed E-state index contributed by atoms with van der Waals surface area (Å²) in [6, 6.07) is 2.85. The first-order chi connectivity index (χ1) is 8.18. The van der Waals surface area contributed by atoms with Crippen molar-refractivity contribution in [1.29, 1.82) is 0 Å². The molecule has 0 spiro atoms. The zero-order chi connectivity index (χ0) is 12.3. The molecule has 0 radical (unpaired) electrons. The molecule has 0 aliphatic heterocycles. The summed E-state index contributed by atoms with van der Waals surface area (Å²) in [6.07, 6.45) is 1.62. The van der Waals surface area contributed by atoms with Crippen molar-refractivity contribution in [2.24, 2.45) is 0 Å². The molecule has 92 valence electrons. The fourth-order valence-electron chi connectivity index (χ4n) is 1.72. The zero-order valence-corrected chi connectivity index (χ0v) is 11.2. The Kier molecular flexibility index (Phi) is 3.91. The maximum Gasteiger partial charge on any atom is 0.141 e. The quantitative estimate of drug-likeness (QED) is 0.887. The molecule has 0 saturated carbocycles. The Balaban J connectivity index is 1.96. The van der Waals surface area contributed by atoms with Gasteiger partial charge in [-0.3, -0.25) is 0 Å². The summed E-state index contributed by atoms with van der Waals surface area (Å²) in [5.74, 6) is 0.988. The lowest BCUT2D eigenvalue weighted by atomic mass is 10.2. The van der Waals surface area contributed by atoms with Gasteiger partial charge in [0.05, 0.1) is 6.54 Å². The number of nitrogens with one attached hydrogen (secondary N) is 1. The lowest BCUT2D eigenvalue weighted by Crippen LogP contribution is -2.21. The average Bonchev–Trinajstić information content (AvgIpc) is 2.96. The van der Waals surface area contributed by atoms with E-state index in [1.807, 2.05) is 4.68 Å². The summed E-state index contributed by atoms with van der Waals surface area (Å²) in [5.41, 5.74) is 1.32. The predicted octanol–water partition coefficient (Wildman–Crippen LogP) is 2.77. The molecule has 5 heteroatoms. The van der Waals surface area contributed by atoms with E-state index in [4.69, 9.17) is 0 Å². The van der Waals surface area contributed by atoms with Gasteiger partial charge in [-0.05, 0) is 43.2 Å². The molecule has 2 aromatic heterocycles. The van der Waals surface area contributed by atoms with Crippen LogP contribution in [0, 0.1) is 0 Å². The second kappa shape index (κ2) is 5.42. The number of nitrogens with zero attached hydrogens (tertiary/aromatic N) is 3. The molecule has 2 aromatic rings. The largest absolute Gasteiger partial charge is 0.303 e. The molecule has 0 saturated heterocycles. The molecule has 4 nitrogen and oxygen atoms in total. The van der Waals surface area contributed by atoms with E-state index in [2.05, 4.69) is 53.0 Å². The molecule has 1 atom stereocenters. The topological polar surface area (TPSA) is 42.7 Å². The lowest BCUT2D eigenvalue weighted by Gasteiger charge is -2.14. The number of rotatable bonds is 5. The number of aromatic nitrogens is 3. The highest BCUT2D eigenvalue weighted by atomic mass is 32.1. The van der Waals surface area contributed by atoms with Gasteiger partial charge in [0.25, 0.3) is 0 Å². The van der Waals surface area contributed by atoms with Crippen LogP contribution < -0.4 is 5.32 Å². The van der Waals surface area contributed by atoms with Crippen LogP contribution in [-0.2, 0) is 6.54 Å². The highest BCUT2D eigenvalue weighted by Gasteiger charge is 2.10. The molecule has 1 unspecified atom stereocenters. The first-order valence-electron chi connectivity index (χ1n) is 5.82. The van der Waals surface area contributed by atoms with Crippen LogP contribution in [0.1, 0.15) is 44.2 Å². The Labute approximate surface area is 106 Å². The summed E-state index contributed by atoms with van der Waals surface area (Å²) in [7, 11) is 0. The second-order valence-electron chi connectivity index (χ2n) is 4.37. The first-order valence-corrected chi connectivity index (χ1v) is 6.76. The Morgan fingerprint density at radius 2 is 2.24 bits per heavy atom. The van der Waals surface area contributed by atoms with Crippen LogP contribution in [0.5, 0.6) is 0 Å². The molecule has 0 amide bonds. The van der Waals surface area contributed by atoms with Gasteiger partial charge in [-0.1, -0.05) is 0 Å². The summed E-state index contributed by atoms with van der Waals surface area (Å²) >= 11 is 1.73. The van der Waals surface area contributed by atoms with Crippen LogP contribution in [0.15, 0.2) is 23.2 Å². The van der Waals surface area contributed by atoms with E-state index in [1.165, 1.54) is 5.56 Å². The normalized spacial score (nSPS) is 13.2. The molecule has 17 heavy (non-hydrogen) atoms. The monoisotopic (exact) mass is 250 g/mol. The van der Waals surface area contributed by atoms with Crippen molar-refractivity contribution in [2.45, 2.75) is 39.4 Å². The number of hydrogen-bond donors (Lipinski definition) is 1. The number of thiophene rings is 1. The third kappa shape index (κ3) is 2.92. The van der Waals surface area contributed by atoms with E-state index < -0.39 is 0 Å². The SMILES string of the molecule is CC(NCc1ncnn1C(C)C)c1ccsc1. The fraction of sp³-hybridized carbons (Fsp3) is 0.500.